The van der Waals surface area contributed by atoms with Gasteiger partial charge in [0.2, 0.25) is 5.91 Å². The van der Waals surface area contributed by atoms with E-state index in [2.05, 4.69) is 27.9 Å². The summed E-state index contributed by atoms with van der Waals surface area (Å²) in [5.41, 5.74) is 1.11. The second-order valence-corrected chi connectivity index (χ2v) is 4.56. The fourth-order valence-corrected chi connectivity index (χ4v) is 1.99. The summed E-state index contributed by atoms with van der Waals surface area (Å²) in [5.74, 6) is 0.128. The number of rotatable bonds is 5. The molecule has 0 atom stereocenters. The van der Waals surface area contributed by atoms with Gasteiger partial charge in [-0.15, -0.1) is 0 Å². The average Bonchev–Trinajstić information content (AvgIpc) is 2.57. The van der Waals surface area contributed by atoms with Crippen molar-refractivity contribution in [1.29, 1.82) is 0 Å². The molecule has 0 spiro atoms. The Balaban J connectivity index is 2.18. The summed E-state index contributed by atoms with van der Waals surface area (Å²) >= 11 is 3.94. The van der Waals surface area contributed by atoms with Gasteiger partial charge >= 0.3 is 0 Å². The van der Waals surface area contributed by atoms with Crippen LogP contribution in [0.5, 0.6) is 0 Å². The number of carbonyl (C=O) groups is 1. The first-order valence-corrected chi connectivity index (χ1v) is 6.63. The second kappa shape index (κ2) is 6.37. The fraction of sp³-hybridized carbons (Fsp3) is 0.444. The monoisotopic (exact) mass is 309 g/mol. The van der Waals surface area contributed by atoms with Crippen molar-refractivity contribution in [2.24, 2.45) is 0 Å². The highest BCUT2D eigenvalue weighted by atomic mass is 127. The first-order valence-electron chi connectivity index (χ1n) is 4.16. The molecule has 2 nitrogen and oxygen atoms in total. The number of thiophene rings is 1. The first kappa shape index (κ1) is 11.0. The molecule has 0 unspecified atom stereocenters. The molecular formula is C9H12INOS. The predicted octanol–water partition coefficient (Wildman–Crippen LogP) is 2.23. The van der Waals surface area contributed by atoms with Gasteiger partial charge in [-0.3, -0.25) is 4.79 Å². The van der Waals surface area contributed by atoms with Crippen molar-refractivity contribution in [3.63, 3.8) is 0 Å². The van der Waals surface area contributed by atoms with Crippen LogP contribution in [-0.2, 0) is 11.2 Å². The zero-order chi connectivity index (χ0) is 9.52. The summed E-state index contributed by atoms with van der Waals surface area (Å²) in [4.78, 5) is 11.3. The molecule has 13 heavy (non-hydrogen) atoms. The maximum absolute atomic E-state index is 11.3. The number of hydrogen-bond acceptors (Lipinski definition) is 2. The lowest BCUT2D eigenvalue weighted by atomic mass is 10.2. The lowest BCUT2D eigenvalue weighted by molar-refractivity contribution is -0.120. The van der Waals surface area contributed by atoms with Gasteiger partial charge in [0, 0.05) is 11.0 Å². The van der Waals surface area contributed by atoms with Crippen LogP contribution in [0.15, 0.2) is 16.8 Å². The van der Waals surface area contributed by atoms with Gasteiger partial charge in [0.15, 0.2) is 0 Å². The molecule has 0 aliphatic rings. The molecule has 0 saturated carbocycles. The Hall–Kier alpha value is -0.100. The predicted molar refractivity (Wildman–Crippen MR) is 64.5 cm³/mol. The highest BCUT2D eigenvalue weighted by Crippen LogP contribution is 2.06. The molecule has 0 fully saturated rings. The summed E-state index contributed by atoms with van der Waals surface area (Å²) in [6, 6.07) is 1.99. The largest absolute Gasteiger partial charge is 0.356 e. The minimum Gasteiger partial charge on any atom is -0.356 e. The lowest BCUT2D eigenvalue weighted by Gasteiger charge is -2.01. The van der Waals surface area contributed by atoms with Crippen LogP contribution in [-0.4, -0.2) is 16.9 Å². The van der Waals surface area contributed by atoms with Crippen LogP contribution in [0.4, 0.5) is 0 Å². The van der Waals surface area contributed by atoms with E-state index in [1.165, 1.54) is 0 Å². The van der Waals surface area contributed by atoms with Crippen molar-refractivity contribution >= 4 is 39.8 Å². The lowest BCUT2D eigenvalue weighted by Crippen LogP contribution is -2.26. The molecule has 0 radical (unpaired) electrons. The summed E-state index contributed by atoms with van der Waals surface area (Å²) < 4.78 is 1.09. The van der Waals surface area contributed by atoms with Gasteiger partial charge in [-0.2, -0.15) is 11.3 Å². The molecule has 1 heterocycles. The van der Waals surface area contributed by atoms with E-state index in [1.54, 1.807) is 11.3 Å². The van der Waals surface area contributed by atoms with Gasteiger partial charge in [0.1, 0.15) is 0 Å². The van der Waals surface area contributed by atoms with Gasteiger partial charge in [0.25, 0.3) is 0 Å². The molecule has 1 amide bonds. The van der Waals surface area contributed by atoms with Gasteiger partial charge in [-0.1, -0.05) is 22.6 Å². The summed E-state index contributed by atoms with van der Waals surface area (Å²) in [6.45, 7) is 0.798. The van der Waals surface area contributed by atoms with E-state index < -0.39 is 0 Å². The van der Waals surface area contributed by atoms with Gasteiger partial charge in [-0.25, -0.2) is 0 Å². The number of hydrogen-bond donors (Lipinski definition) is 1. The standard InChI is InChI=1S/C9H12INOS/c10-3-1-4-11-9(12)6-8-2-5-13-7-8/h2,5,7H,1,3-4,6H2,(H,11,12). The summed E-state index contributed by atoms with van der Waals surface area (Å²) in [6.07, 6.45) is 1.57. The molecule has 0 aliphatic carbocycles. The van der Waals surface area contributed by atoms with E-state index in [1.807, 2.05) is 16.8 Å². The van der Waals surface area contributed by atoms with E-state index in [-0.39, 0.29) is 5.91 Å². The summed E-state index contributed by atoms with van der Waals surface area (Å²) in [5, 5.41) is 6.89. The molecule has 1 rings (SSSR count). The third kappa shape index (κ3) is 4.61. The fourth-order valence-electron chi connectivity index (χ4n) is 0.936. The van der Waals surface area contributed by atoms with Crippen LogP contribution < -0.4 is 5.32 Å². The van der Waals surface area contributed by atoms with Crippen LogP contribution in [0.3, 0.4) is 0 Å². The SMILES string of the molecule is O=C(Cc1ccsc1)NCCCI. The number of halogens is 1. The van der Waals surface area contributed by atoms with Gasteiger partial charge in [-0.05, 0) is 28.8 Å². The zero-order valence-corrected chi connectivity index (χ0v) is 10.2. The smallest absolute Gasteiger partial charge is 0.224 e. The van der Waals surface area contributed by atoms with E-state index in [9.17, 15) is 4.79 Å². The first-order chi connectivity index (χ1) is 6.33. The highest BCUT2D eigenvalue weighted by Gasteiger charge is 2.01. The average molecular weight is 309 g/mol. The molecule has 4 heteroatoms. The molecule has 1 N–H and O–H groups in total. The van der Waals surface area contributed by atoms with Crippen LogP contribution >= 0.6 is 33.9 Å². The number of carbonyl (C=O) groups excluding carboxylic acids is 1. The van der Waals surface area contributed by atoms with Crippen LogP contribution in [0, 0.1) is 0 Å². The van der Waals surface area contributed by atoms with Crippen molar-refractivity contribution in [2.75, 3.05) is 11.0 Å². The third-order valence-electron chi connectivity index (χ3n) is 1.58. The molecule has 0 saturated heterocycles. The number of nitrogens with one attached hydrogen (secondary N) is 1. The molecular weight excluding hydrogens is 297 g/mol. The zero-order valence-electron chi connectivity index (χ0n) is 7.25. The maximum Gasteiger partial charge on any atom is 0.224 e. The Morgan fingerprint density at radius 1 is 1.62 bits per heavy atom. The Morgan fingerprint density at radius 2 is 2.46 bits per heavy atom. The molecule has 1 aromatic rings. The topological polar surface area (TPSA) is 29.1 Å². The number of amides is 1. The van der Waals surface area contributed by atoms with Gasteiger partial charge < -0.3 is 5.32 Å². The third-order valence-corrected chi connectivity index (χ3v) is 3.07. The minimum absolute atomic E-state index is 0.128. The number of alkyl halides is 1. The van der Waals surface area contributed by atoms with Gasteiger partial charge in [0.05, 0.1) is 6.42 Å². The Labute approximate surface area is 95.9 Å². The highest BCUT2D eigenvalue weighted by molar-refractivity contribution is 14.1. The summed E-state index contributed by atoms with van der Waals surface area (Å²) in [7, 11) is 0. The molecule has 1 aromatic heterocycles. The van der Waals surface area contributed by atoms with Crippen molar-refractivity contribution in [3.05, 3.63) is 22.4 Å². The van der Waals surface area contributed by atoms with Crippen molar-refractivity contribution in [1.82, 2.24) is 5.32 Å². The minimum atomic E-state index is 0.128. The van der Waals surface area contributed by atoms with Crippen LogP contribution in [0.2, 0.25) is 0 Å². The molecule has 0 aromatic carbocycles. The van der Waals surface area contributed by atoms with E-state index in [4.69, 9.17) is 0 Å². The Bertz CT molecular complexity index is 248. The maximum atomic E-state index is 11.3. The van der Waals surface area contributed by atoms with Crippen molar-refractivity contribution in [3.8, 4) is 0 Å². The van der Waals surface area contributed by atoms with Crippen molar-refractivity contribution in [2.45, 2.75) is 12.8 Å². The normalized spacial score (nSPS) is 9.92. The quantitative estimate of drug-likeness (QED) is 0.504. The Morgan fingerprint density at radius 3 is 3.08 bits per heavy atom. The van der Waals surface area contributed by atoms with Crippen LogP contribution in [0.25, 0.3) is 0 Å². The second-order valence-electron chi connectivity index (χ2n) is 2.70. The van der Waals surface area contributed by atoms with E-state index in [0.29, 0.717) is 6.42 Å². The van der Waals surface area contributed by atoms with Crippen molar-refractivity contribution < 1.29 is 4.79 Å². The van der Waals surface area contributed by atoms with Crippen LogP contribution in [0.1, 0.15) is 12.0 Å². The molecule has 0 bridgehead atoms. The molecule has 0 aliphatic heterocycles. The van der Waals surface area contributed by atoms with E-state index >= 15 is 0 Å². The molecule has 72 valence electrons. The van der Waals surface area contributed by atoms with E-state index in [0.717, 1.165) is 23.0 Å². The Kier molecular flexibility index (Phi) is 5.38.